The number of carbonyl (C=O) groups excluding carboxylic acids is 1. The summed E-state index contributed by atoms with van der Waals surface area (Å²) in [4.78, 5) is 16.4. The lowest BCUT2D eigenvalue weighted by atomic mass is 9.86. The molecule has 2 heterocycles. The van der Waals surface area contributed by atoms with Crippen LogP contribution in [0.25, 0.3) is 11.1 Å². The third-order valence-electron chi connectivity index (χ3n) is 6.19. The zero-order valence-corrected chi connectivity index (χ0v) is 16.9. The Morgan fingerprint density at radius 2 is 1.68 bits per heavy atom. The van der Waals surface area contributed by atoms with Crippen LogP contribution in [0.1, 0.15) is 26.7 Å². The topological polar surface area (TPSA) is 32.8 Å². The summed E-state index contributed by atoms with van der Waals surface area (Å²) < 4.78 is 5.24. The molecular formula is C24H30N2O2. The number of anilines is 2. The van der Waals surface area contributed by atoms with Gasteiger partial charge in [0.05, 0.1) is 6.61 Å². The van der Waals surface area contributed by atoms with Gasteiger partial charge in [-0.1, -0.05) is 38.1 Å². The summed E-state index contributed by atoms with van der Waals surface area (Å²) in [5, 5.41) is 0. The van der Waals surface area contributed by atoms with Gasteiger partial charge in [0.1, 0.15) is 6.61 Å². The average molecular weight is 379 g/mol. The number of nitrogens with zero attached hydrogens (tertiary/aromatic N) is 2. The van der Waals surface area contributed by atoms with E-state index in [0.717, 1.165) is 36.2 Å². The third kappa shape index (κ3) is 4.07. The van der Waals surface area contributed by atoms with Gasteiger partial charge in [0.15, 0.2) is 0 Å². The molecule has 0 radical (unpaired) electrons. The molecule has 148 valence electrons. The van der Waals surface area contributed by atoms with Crippen LogP contribution >= 0.6 is 0 Å². The number of amides is 1. The number of piperidine rings is 1. The SMILES string of the molecule is CC(C)C1CCN(c2ccc(-c3cccc(N4CCOCC4=O)c3)cc2)CC1. The van der Waals surface area contributed by atoms with Gasteiger partial charge in [-0.2, -0.15) is 0 Å². The highest BCUT2D eigenvalue weighted by atomic mass is 16.5. The molecule has 1 amide bonds. The Hall–Kier alpha value is -2.33. The van der Waals surface area contributed by atoms with Crippen LogP contribution < -0.4 is 9.80 Å². The number of ether oxygens (including phenoxy) is 1. The highest BCUT2D eigenvalue weighted by molar-refractivity contribution is 5.95. The van der Waals surface area contributed by atoms with Crippen LogP contribution in [0.2, 0.25) is 0 Å². The van der Waals surface area contributed by atoms with Gasteiger partial charge in [-0.15, -0.1) is 0 Å². The zero-order valence-electron chi connectivity index (χ0n) is 16.9. The first-order chi connectivity index (χ1) is 13.6. The second-order valence-corrected chi connectivity index (χ2v) is 8.26. The van der Waals surface area contributed by atoms with Gasteiger partial charge in [-0.25, -0.2) is 0 Å². The number of benzene rings is 2. The van der Waals surface area contributed by atoms with E-state index in [0.29, 0.717) is 13.2 Å². The molecular weight excluding hydrogens is 348 g/mol. The standard InChI is InChI=1S/C24H30N2O2/c1-18(2)19-10-12-25(13-11-19)22-8-6-20(7-9-22)21-4-3-5-23(16-21)26-14-15-28-17-24(26)27/h3-9,16,18-19H,10-15,17H2,1-2H3. The summed E-state index contributed by atoms with van der Waals surface area (Å²) in [6, 6.07) is 17.1. The lowest BCUT2D eigenvalue weighted by Crippen LogP contribution is -2.41. The average Bonchev–Trinajstić information content (AvgIpc) is 2.74. The molecule has 2 saturated heterocycles. The smallest absolute Gasteiger partial charge is 0.253 e. The Labute approximate surface area is 168 Å². The molecule has 0 saturated carbocycles. The molecule has 0 aromatic heterocycles. The van der Waals surface area contributed by atoms with E-state index in [2.05, 4.69) is 55.1 Å². The van der Waals surface area contributed by atoms with Crippen molar-refractivity contribution in [2.24, 2.45) is 11.8 Å². The van der Waals surface area contributed by atoms with E-state index >= 15 is 0 Å². The van der Waals surface area contributed by atoms with Gasteiger partial charge in [0.25, 0.3) is 5.91 Å². The molecule has 28 heavy (non-hydrogen) atoms. The minimum atomic E-state index is 0.0311. The molecule has 0 N–H and O–H groups in total. The minimum Gasteiger partial charge on any atom is -0.372 e. The number of rotatable bonds is 4. The molecule has 0 unspecified atom stereocenters. The van der Waals surface area contributed by atoms with Gasteiger partial charge >= 0.3 is 0 Å². The predicted octanol–water partition coefficient (Wildman–Crippen LogP) is 4.59. The first kappa shape index (κ1) is 19.0. The first-order valence-corrected chi connectivity index (χ1v) is 10.5. The van der Waals surface area contributed by atoms with E-state index in [1.165, 1.54) is 24.1 Å². The maximum Gasteiger partial charge on any atom is 0.253 e. The van der Waals surface area contributed by atoms with Crippen molar-refractivity contribution in [3.05, 3.63) is 48.5 Å². The number of hydrogen-bond donors (Lipinski definition) is 0. The fourth-order valence-corrected chi connectivity index (χ4v) is 4.33. The Balaban J connectivity index is 1.47. The van der Waals surface area contributed by atoms with Crippen molar-refractivity contribution in [3.63, 3.8) is 0 Å². The molecule has 2 aliphatic heterocycles. The van der Waals surface area contributed by atoms with E-state index < -0.39 is 0 Å². The van der Waals surface area contributed by atoms with Crippen LogP contribution in [0, 0.1) is 11.8 Å². The Morgan fingerprint density at radius 3 is 2.36 bits per heavy atom. The first-order valence-electron chi connectivity index (χ1n) is 10.5. The van der Waals surface area contributed by atoms with Crippen LogP contribution in [-0.4, -0.2) is 38.8 Å². The minimum absolute atomic E-state index is 0.0311. The van der Waals surface area contributed by atoms with Crippen molar-refractivity contribution in [1.29, 1.82) is 0 Å². The second kappa shape index (κ2) is 8.36. The molecule has 0 spiro atoms. The molecule has 0 atom stereocenters. The van der Waals surface area contributed by atoms with Crippen molar-refractivity contribution in [1.82, 2.24) is 0 Å². The fraction of sp³-hybridized carbons (Fsp3) is 0.458. The van der Waals surface area contributed by atoms with Crippen molar-refractivity contribution < 1.29 is 9.53 Å². The summed E-state index contributed by atoms with van der Waals surface area (Å²) in [6.07, 6.45) is 2.57. The van der Waals surface area contributed by atoms with E-state index in [9.17, 15) is 4.79 Å². The van der Waals surface area contributed by atoms with Crippen molar-refractivity contribution in [3.8, 4) is 11.1 Å². The predicted molar refractivity (Wildman–Crippen MR) is 115 cm³/mol. The normalized spacial score (nSPS) is 18.8. The second-order valence-electron chi connectivity index (χ2n) is 8.26. The van der Waals surface area contributed by atoms with Crippen molar-refractivity contribution in [2.45, 2.75) is 26.7 Å². The van der Waals surface area contributed by atoms with Gasteiger partial charge in [-0.3, -0.25) is 4.79 Å². The van der Waals surface area contributed by atoms with E-state index in [1.54, 1.807) is 0 Å². The number of carbonyl (C=O) groups is 1. The highest BCUT2D eigenvalue weighted by Gasteiger charge is 2.22. The molecule has 2 aromatic rings. The summed E-state index contributed by atoms with van der Waals surface area (Å²) in [5.74, 6) is 1.68. The summed E-state index contributed by atoms with van der Waals surface area (Å²) in [7, 11) is 0. The summed E-state index contributed by atoms with van der Waals surface area (Å²) in [5.41, 5.74) is 4.58. The van der Waals surface area contributed by atoms with Gasteiger partial charge in [0.2, 0.25) is 0 Å². The van der Waals surface area contributed by atoms with Crippen LogP contribution in [0.5, 0.6) is 0 Å². The Morgan fingerprint density at radius 1 is 0.929 bits per heavy atom. The monoisotopic (exact) mass is 378 g/mol. The lowest BCUT2D eigenvalue weighted by Gasteiger charge is -2.35. The molecule has 4 heteroatoms. The van der Waals surface area contributed by atoms with E-state index in [1.807, 2.05) is 17.0 Å². The molecule has 4 rings (SSSR count). The molecule has 0 aliphatic carbocycles. The maximum atomic E-state index is 12.1. The molecule has 2 aliphatic rings. The van der Waals surface area contributed by atoms with Crippen LogP contribution in [-0.2, 0) is 9.53 Å². The summed E-state index contributed by atoms with van der Waals surface area (Å²) in [6.45, 7) is 8.37. The largest absolute Gasteiger partial charge is 0.372 e. The highest BCUT2D eigenvalue weighted by Crippen LogP contribution is 2.30. The van der Waals surface area contributed by atoms with Crippen molar-refractivity contribution in [2.75, 3.05) is 42.6 Å². The third-order valence-corrected chi connectivity index (χ3v) is 6.19. The van der Waals surface area contributed by atoms with Crippen LogP contribution in [0.3, 0.4) is 0 Å². The number of hydrogen-bond acceptors (Lipinski definition) is 3. The Bertz CT molecular complexity index is 808. The fourth-order valence-electron chi connectivity index (χ4n) is 4.33. The molecule has 2 fully saturated rings. The van der Waals surface area contributed by atoms with Crippen LogP contribution in [0.4, 0.5) is 11.4 Å². The molecule has 2 aromatic carbocycles. The number of morpholine rings is 1. The van der Waals surface area contributed by atoms with Gasteiger partial charge in [-0.05, 0) is 60.1 Å². The van der Waals surface area contributed by atoms with Gasteiger partial charge in [0, 0.05) is 31.0 Å². The van der Waals surface area contributed by atoms with Crippen molar-refractivity contribution >= 4 is 17.3 Å². The van der Waals surface area contributed by atoms with E-state index in [-0.39, 0.29) is 12.5 Å². The van der Waals surface area contributed by atoms with Gasteiger partial charge < -0.3 is 14.5 Å². The lowest BCUT2D eigenvalue weighted by molar-refractivity contribution is -0.125. The van der Waals surface area contributed by atoms with E-state index in [4.69, 9.17) is 4.74 Å². The summed E-state index contributed by atoms with van der Waals surface area (Å²) >= 11 is 0. The molecule has 0 bridgehead atoms. The quantitative estimate of drug-likeness (QED) is 0.780. The Kier molecular flexibility index (Phi) is 5.67. The zero-order chi connectivity index (χ0) is 19.5. The van der Waals surface area contributed by atoms with Crippen LogP contribution in [0.15, 0.2) is 48.5 Å². The molecule has 4 nitrogen and oxygen atoms in total. The maximum absolute atomic E-state index is 12.1.